The Balaban J connectivity index is 1.70. The Morgan fingerprint density at radius 1 is 0.972 bits per heavy atom. The number of hydrogen-bond donors (Lipinski definition) is 2. The van der Waals surface area contributed by atoms with E-state index in [1.165, 1.54) is 12.1 Å². The molecular formula is C25H23F6N3O2. The molecule has 0 aliphatic heterocycles. The molecule has 1 amide bonds. The van der Waals surface area contributed by atoms with Gasteiger partial charge in [-0.15, -0.1) is 0 Å². The molecule has 5 nitrogen and oxygen atoms in total. The lowest BCUT2D eigenvalue weighted by atomic mass is 9.94. The van der Waals surface area contributed by atoms with Crippen molar-refractivity contribution in [2.24, 2.45) is 0 Å². The second-order valence-electron chi connectivity index (χ2n) is 8.84. The van der Waals surface area contributed by atoms with Gasteiger partial charge in [0.05, 0.1) is 22.2 Å². The number of alkyl halides is 6. The van der Waals surface area contributed by atoms with Crippen molar-refractivity contribution in [3.8, 4) is 0 Å². The molecule has 0 radical (unpaired) electrons. The number of anilines is 2. The Hall–Kier alpha value is -3.50. The number of aromatic amines is 1. The summed E-state index contributed by atoms with van der Waals surface area (Å²) < 4.78 is 81.9. The molecule has 3 aromatic rings. The minimum absolute atomic E-state index is 0.0965. The van der Waals surface area contributed by atoms with Crippen LogP contribution in [0.3, 0.4) is 0 Å². The number of pyridine rings is 1. The van der Waals surface area contributed by atoms with E-state index in [1.54, 1.807) is 11.9 Å². The number of fused-ring (bicyclic) bond motifs is 1. The van der Waals surface area contributed by atoms with Gasteiger partial charge in [-0.3, -0.25) is 9.59 Å². The van der Waals surface area contributed by atoms with Gasteiger partial charge in [-0.05, 0) is 43.2 Å². The molecule has 1 saturated carbocycles. The molecule has 0 bridgehead atoms. The molecule has 1 aliphatic rings. The highest BCUT2D eigenvalue weighted by molar-refractivity contribution is 6.06. The molecule has 1 aliphatic carbocycles. The zero-order chi connectivity index (χ0) is 26.3. The first-order chi connectivity index (χ1) is 16.9. The summed E-state index contributed by atoms with van der Waals surface area (Å²) in [5.74, 6) is -1.26. The van der Waals surface area contributed by atoms with Crippen molar-refractivity contribution in [1.29, 1.82) is 0 Å². The maximum absolute atomic E-state index is 13.9. The quantitative estimate of drug-likeness (QED) is 0.389. The third-order valence-corrected chi connectivity index (χ3v) is 6.54. The van der Waals surface area contributed by atoms with Crippen LogP contribution in [-0.4, -0.2) is 24.0 Å². The van der Waals surface area contributed by atoms with Gasteiger partial charge in [0.2, 0.25) is 5.43 Å². The molecule has 192 valence electrons. The second kappa shape index (κ2) is 9.51. The lowest BCUT2D eigenvalue weighted by Gasteiger charge is -2.33. The Morgan fingerprint density at radius 3 is 2.28 bits per heavy atom. The highest BCUT2D eigenvalue weighted by Crippen LogP contribution is 2.38. The maximum atomic E-state index is 13.9. The van der Waals surface area contributed by atoms with Crippen LogP contribution >= 0.6 is 0 Å². The van der Waals surface area contributed by atoms with Crippen LogP contribution in [0.2, 0.25) is 0 Å². The van der Waals surface area contributed by atoms with Crippen LogP contribution < -0.4 is 15.6 Å². The number of aromatic nitrogens is 1. The molecule has 4 rings (SSSR count). The molecule has 2 N–H and O–H groups in total. The molecule has 1 heterocycles. The zero-order valence-corrected chi connectivity index (χ0v) is 19.2. The number of hydrogen-bond acceptors (Lipinski definition) is 3. The number of amides is 1. The molecule has 0 saturated heterocycles. The third kappa shape index (κ3) is 5.05. The fourth-order valence-electron chi connectivity index (χ4n) is 4.64. The number of H-pyrrole nitrogens is 1. The molecule has 0 spiro atoms. The van der Waals surface area contributed by atoms with Crippen molar-refractivity contribution < 1.29 is 31.1 Å². The van der Waals surface area contributed by atoms with Crippen molar-refractivity contribution in [2.45, 2.75) is 50.5 Å². The number of nitrogens with zero attached hydrogens (tertiary/aromatic N) is 1. The standard InChI is InChI=1S/C25H23F6N3O2/c1-34(14-6-3-2-4-7-14)15-10-11-19(18(12-15)25(29,30)31)33-23(36)16-13-32-20-9-5-8-17(24(26,27)28)21(20)22(16)35/h5,8-14H,2-4,6-7H2,1H3,(H,32,35)(H,33,36). The van der Waals surface area contributed by atoms with Crippen molar-refractivity contribution in [2.75, 3.05) is 17.3 Å². The molecule has 36 heavy (non-hydrogen) atoms. The van der Waals surface area contributed by atoms with Crippen LogP contribution in [0.1, 0.15) is 53.6 Å². The highest BCUT2D eigenvalue weighted by Gasteiger charge is 2.36. The lowest BCUT2D eigenvalue weighted by molar-refractivity contribution is -0.137. The third-order valence-electron chi connectivity index (χ3n) is 6.54. The van der Waals surface area contributed by atoms with Gasteiger partial charge in [-0.1, -0.05) is 25.3 Å². The van der Waals surface area contributed by atoms with E-state index in [4.69, 9.17) is 0 Å². The zero-order valence-electron chi connectivity index (χ0n) is 19.2. The van der Waals surface area contributed by atoms with Gasteiger partial charge < -0.3 is 15.2 Å². The Morgan fingerprint density at radius 2 is 1.64 bits per heavy atom. The van der Waals surface area contributed by atoms with Crippen molar-refractivity contribution in [3.05, 3.63) is 69.5 Å². The van der Waals surface area contributed by atoms with Crippen LogP contribution in [0, 0.1) is 0 Å². The lowest BCUT2D eigenvalue weighted by Crippen LogP contribution is -2.33. The molecular weight excluding hydrogens is 488 g/mol. The number of carbonyl (C=O) groups excluding carboxylic acids is 1. The summed E-state index contributed by atoms with van der Waals surface area (Å²) in [7, 11) is 1.72. The van der Waals surface area contributed by atoms with E-state index in [9.17, 15) is 35.9 Å². The average Bonchev–Trinajstić information content (AvgIpc) is 2.83. The van der Waals surface area contributed by atoms with E-state index < -0.39 is 51.5 Å². The summed E-state index contributed by atoms with van der Waals surface area (Å²) in [6.45, 7) is 0. The largest absolute Gasteiger partial charge is 0.418 e. The SMILES string of the molecule is CN(c1ccc(NC(=O)c2c[nH]c3cccc(C(F)(F)F)c3c2=O)c(C(F)(F)F)c1)C1CCCCC1. The summed E-state index contributed by atoms with van der Waals surface area (Å²) in [5, 5.41) is 1.30. The Labute approximate surface area is 202 Å². The summed E-state index contributed by atoms with van der Waals surface area (Å²) in [5.41, 5.74) is -4.78. The number of rotatable bonds is 4. The topological polar surface area (TPSA) is 65.2 Å². The first kappa shape index (κ1) is 25.6. The molecule has 1 aromatic heterocycles. The first-order valence-corrected chi connectivity index (χ1v) is 11.3. The van der Waals surface area contributed by atoms with E-state index in [1.807, 2.05) is 0 Å². The fourth-order valence-corrected chi connectivity index (χ4v) is 4.64. The second-order valence-corrected chi connectivity index (χ2v) is 8.84. The summed E-state index contributed by atoms with van der Waals surface area (Å²) >= 11 is 0. The van der Waals surface area contributed by atoms with Gasteiger partial charge >= 0.3 is 12.4 Å². The van der Waals surface area contributed by atoms with E-state index in [2.05, 4.69) is 10.3 Å². The molecule has 0 atom stereocenters. The smallest absolute Gasteiger partial charge is 0.372 e. The minimum atomic E-state index is -4.87. The van der Waals surface area contributed by atoms with Gasteiger partial charge in [0, 0.05) is 30.5 Å². The van der Waals surface area contributed by atoms with Gasteiger partial charge in [-0.2, -0.15) is 26.3 Å². The number of nitrogens with one attached hydrogen (secondary N) is 2. The van der Waals surface area contributed by atoms with E-state index in [-0.39, 0.29) is 11.6 Å². The van der Waals surface area contributed by atoms with Crippen molar-refractivity contribution in [3.63, 3.8) is 0 Å². The minimum Gasteiger partial charge on any atom is -0.372 e. The van der Waals surface area contributed by atoms with Crippen LogP contribution in [0.15, 0.2) is 47.4 Å². The Kier molecular flexibility index (Phi) is 6.76. The van der Waals surface area contributed by atoms with Crippen LogP contribution in [0.4, 0.5) is 37.7 Å². The molecule has 1 fully saturated rings. The first-order valence-electron chi connectivity index (χ1n) is 11.3. The van der Waals surface area contributed by atoms with Crippen LogP contribution in [0.25, 0.3) is 10.9 Å². The summed E-state index contributed by atoms with van der Waals surface area (Å²) in [6.07, 6.45) is -4.02. The molecule has 11 heteroatoms. The summed E-state index contributed by atoms with van der Waals surface area (Å²) in [4.78, 5) is 29.9. The number of benzene rings is 2. The monoisotopic (exact) mass is 511 g/mol. The molecule has 2 aromatic carbocycles. The molecule has 0 unspecified atom stereocenters. The fraction of sp³-hybridized carbons (Fsp3) is 0.360. The van der Waals surface area contributed by atoms with Gasteiger partial charge in [0.1, 0.15) is 5.56 Å². The summed E-state index contributed by atoms with van der Waals surface area (Å²) in [6, 6.07) is 6.58. The highest BCUT2D eigenvalue weighted by atomic mass is 19.4. The van der Waals surface area contributed by atoms with Crippen molar-refractivity contribution in [1.82, 2.24) is 4.98 Å². The van der Waals surface area contributed by atoms with Crippen LogP contribution in [-0.2, 0) is 12.4 Å². The number of carbonyl (C=O) groups is 1. The normalized spacial score (nSPS) is 15.2. The van der Waals surface area contributed by atoms with Gasteiger partial charge in [-0.25, -0.2) is 0 Å². The van der Waals surface area contributed by atoms with Gasteiger partial charge in [0.25, 0.3) is 5.91 Å². The number of halogens is 6. The van der Waals surface area contributed by atoms with E-state index >= 15 is 0 Å². The van der Waals surface area contributed by atoms with Crippen molar-refractivity contribution >= 4 is 28.2 Å². The van der Waals surface area contributed by atoms with Crippen LogP contribution in [0.5, 0.6) is 0 Å². The average molecular weight is 511 g/mol. The predicted octanol–water partition coefficient (Wildman–Crippen LogP) is 6.59. The maximum Gasteiger partial charge on any atom is 0.418 e. The van der Waals surface area contributed by atoms with E-state index in [0.29, 0.717) is 11.8 Å². The Bertz CT molecular complexity index is 1340. The van der Waals surface area contributed by atoms with E-state index in [0.717, 1.165) is 56.5 Å². The van der Waals surface area contributed by atoms with Gasteiger partial charge in [0.15, 0.2) is 0 Å². The predicted molar refractivity (Wildman–Crippen MR) is 124 cm³/mol.